The fraction of sp³-hybridized carbons (Fsp3) is 0.167. The molecule has 0 unspecified atom stereocenters. The maximum Gasteiger partial charge on any atom is 0.271 e. The van der Waals surface area contributed by atoms with Crippen LogP contribution in [0.3, 0.4) is 0 Å². The molecule has 100 valence electrons. The molecule has 1 heterocycles. The summed E-state index contributed by atoms with van der Waals surface area (Å²) < 4.78 is 7.58. The van der Waals surface area contributed by atoms with E-state index >= 15 is 0 Å². The van der Waals surface area contributed by atoms with Crippen LogP contribution in [0.4, 0.5) is 5.69 Å². The van der Waals surface area contributed by atoms with Crippen molar-refractivity contribution in [3.63, 3.8) is 0 Å². The van der Waals surface area contributed by atoms with Crippen LogP contribution in [0.25, 0.3) is 0 Å². The Morgan fingerprint density at radius 2 is 2.26 bits per heavy atom. The van der Waals surface area contributed by atoms with Crippen molar-refractivity contribution in [2.75, 3.05) is 12.8 Å². The van der Waals surface area contributed by atoms with Crippen molar-refractivity contribution in [1.82, 2.24) is 9.78 Å². The summed E-state index contributed by atoms with van der Waals surface area (Å²) in [6.07, 6.45) is 1.58. The molecule has 1 aromatic carbocycles. The fourth-order valence-electron chi connectivity index (χ4n) is 1.70. The molecule has 0 atom stereocenters. The zero-order valence-corrected chi connectivity index (χ0v) is 11.8. The first-order chi connectivity index (χ1) is 9.01. The van der Waals surface area contributed by atoms with Crippen LogP contribution < -0.4 is 16.2 Å². The zero-order chi connectivity index (χ0) is 14.0. The summed E-state index contributed by atoms with van der Waals surface area (Å²) in [5.74, 6) is 0.119. The van der Waals surface area contributed by atoms with Crippen LogP contribution in [0.15, 0.2) is 28.9 Å². The lowest BCUT2D eigenvalue weighted by molar-refractivity contribution is 0.0995. The number of aromatic nitrogens is 2. The van der Waals surface area contributed by atoms with Gasteiger partial charge in [0.15, 0.2) is 5.69 Å². The minimum Gasteiger partial charge on any atom is -0.496 e. The highest BCUT2D eigenvalue weighted by atomic mass is 79.9. The monoisotopic (exact) mass is 324 g/mol. The molecule has 0 saturated heterocycles. The van der Waals surface area contributed by atoms with E-state index in [0.29, 0.717) is 6.54 Å². The third-order valence-electron chi connectivity index (χ3n) is 2.58. The first-order valence-corrected chi connectivity index (χ1v) is 6.25. The molecule has 0 aliphatic rings. The molecule has 2 rings (SSSR count). The third kappa shape index (κ3) is 2.87. The summed E-state index contributed by atoms with van der Waals surface area (Å²) in [6, 6.07) is 5.67. The molecular formula is C12H13BrN4O2. The maximum atomic E-state index is 11.1. The largest absolute Gasteiger partial charge is 0.496 e. The normalized spacial score (nSPS) is 10.4. The minimum atomic E-state index is -0.632. The standard InChI is InChI=1S/C12H13BrN4O2/c1-19-10-3-2-7(4-8(10)13)5-17-6-9(14)11(16-17)12(15)18/h2-4,6H,5,14H2,1H3,(H2,15,18). The van der Waals surface area contributed by atoms with Gasteiger partial charge in [0, 0.05) is 6.20 Å². The molecule has 0 saturated carbocycles. The van der Waals surface area contributed by atoms with Crippen molar-refractivity contribution in [1.29, 1.82) is 0 Å². The molecule has 19 heavy (non-hydrogen) atoms. The highest BCUT2D eigenvalue weighted by Gasteiger charge is 2.11. The Labute approximate surface area is 118 Å². The van der Waals surface area contributed by atoms with Crippen LogP contribution in [-0.4, -0.2) is 22.8 Å². The van der Waals surface area contributed by atoms with Crippen molar-refractivity contribution in [2.24, 2.45) is 5.73 Å². The van der Waals surface area contributed by atoms with E-state index in [0.717, 1.165) is 15.8 Å². The maximum absolute atomic E-state index is 11.1. The van der Waals surface area contributed by atoms with E-state index in [4.69, 9.17) is 16.2 Å². The van der Waals surface area contributed by atoms with Gasteiger partial charge in [0.1, 0.15) is 5.75 Å². The number of nitrogens with zero attached hydrogens (tertiary/aromatic N) is 2. The van der Waals surface area contributed by atoms with Crippen LogP contribution in [0.1, 0.15) is 16.1 Å². The quantitative estimate of drug-likeness (QED) is 0.888. The van der Waals surface area contributed by atoms with Gasteiger partial charge in [0.05, 0.1) is 23.8 Å². The number of carbonyl (C=O) groups is 1. The number of amides is 1. The lowest BCUT2D eigenvalue weighted by Crippen LogP contribution is -2.14. The van der Waals surface area contributed by atoms with E-state index < -0.39 is 5.91 Å². The lowest BCUT2D eigenvalue weighted by Gasteiger charge is -2.06. The molecular weight excluding hydrogens is 312 g/mol. The van der Waals surface area contributed by atoms with Crippen molar-refractivity contribution in [3.8, 4) is 5.75 Å². The summed E-state index contributed by atoms with van der Waals surface area (Å²) >= 11 is 3.41. The molecule has 0 aliphatic carbocycles. The number of hydrogen-bond acceptors (Lipinski definition) is 4. The number of methoxy groups -OCH3 is 1. The van der Waals surface area contributed by atoms with E-state index in [1.54, 1.807) is 18.0 Å². The Kier molecular flexibility index (Phi) is 3.75. The number of rotatable bonds is 4. The molecule has 0 bridgehead atoms. The molecule has 1 amide bonds. The topological polar surface area (TPSA) is 96.2 Å². The van der Waals surface area contributed by atoms with Crippen LogP contribution in [0.2, 0.25) is 0 Å². The summed E-state index contributed by atoms with van der Waals surface area (Å²) in [5, 5.41) is 4.05. The predicted molar refractivity (Wildman–Crippen MR) is 75.0 cm³/mol. The van der Waals surface area contributed by atoms with E-state index in [1.807, 2.05) is 18.2 Å². The van der Waals surface area contributed by atoms with Crippen molar-refractivity contribution in [3.05, 3.63) is 40.1 Å². The summed E-state index contributed by atoms with van der Waals surface area (Å²) in [4.78, 5) is 11.1. The van der Waals surface area contributed by atoms with Gasteiger partial charge in [-0.05, 0) is 33.6 Å². The lowest BCUT2D eigenvalue weighted by atomic mass is 10.2. The number of carbonyl (C=O) groups excluding carboxylic acids is 1. The molecule has 2 aromatic rings. The number of hydrogen-bond donors (Lipinski definition) is 2. The average Bonchev–Trinajstić information content (AvgIpc) is 2.70. The smallest absolute Gasteiger partial charge is 0.271 e. The van der Waals surface area contributed by atoms with Crippen LogP contribution >= 0.6 is 15.9 Å². The van der Waals surface area contributed by atoms with Gasteiger partial charge in [-0.3, -0.25) is 9.48 Å². The van der Waals surface area contributed by atoms with Crippen LogP contribution in [-0.2, 0) is 6.54 Å². The molecule has 0 spiro atoms. The van der Waals surface area contributed by atoms with E-state index in [2.05, 4.69) is 21.0 Å². The van der Waals surface area contributed by atoms with E-state index in [1.165, 1.54) is 0 Å². The van der Waals surface area contributed by atoms with Crippen molar-refractivity contribution >= 4 is 27.5 Å². The number of anilines is 1. The zero-order valence-electron chi connectivity index (χ0n) is 10.3. The Morgan fingerprint density at radius 3 is 2.79 bits per heavy atom. The van der Waals surface area contributed by atoms with Gasteiger partial charge in [0.2, 0.25) is 0 Å². The summed E-state index contributed by atoms with van der Waals surface area (Å²) in [5.41, 5.74) is 12.2. The van der Waals surface area contributed by atoms with E-state index in [9.17, 15) is 4.79 Å². The highest BCUT2D eigenvalue weighted by molar-refractivity contribution is 9.10. The van der Waals surface area contributed by atoms with Gasteiger partial charge in [-0.15, -0.1) is 0 Å². The van der Waals surface area contributed by atoms with Crippen molar-refractivity contribution in [2.45, 2.75) is 6.54 Å². The molecule has 6 nitrogen and oxygen atoms in total. The minimum absolute atomic E-state index is 0.0903. The van der Waals surface area contributed by atoms with E-state index in [-0.39, 0.29) is 11.4 Å². The molecule has 1 aromatic heterocycles. The molecule has 0 radical (unpaired) electrons. The van der Waals surface area contributed by atoms with Gasteiger partial charge >= 0.3 is 0 Å². The Hall–Kier alpha value is -2.02. The number of primary amides is 1. The summed E-state index contributed by atoms with van der Waals surface area (Å²) in [6.45, 7) is 0.486. The number of ether oxygens (including phenoxy) is 1. The number of nitrogens with two attached hydrogens (primary N) is 2. The summed E-state index contributed by atoms with van der Waals surface area (Å²) in [7, 11) is 1.60. The number of halogens is 1. The van der Waals surface area contributed by atoms with Gasteiger partial charge < -0.3 is 16.2 Å². The Bertz CT molecular complexity index is 624. The fourth-order valence-corrected chi connectivity index (χ4v) is 2.29. The van der Waals surface area contributed by atoms with Gasteiger partial charge in [-0.25, -0.2) is 0 Å². The van der Waals surface area contributed by atoms with Gasteiger partial charge in [0.25, 0.3) is 5.91 Å². The predicted octanol–water partition coefficient (Wildman–Crippen LogP) is 1.38. The third-order valence-corrected chi connectivity index (χ3v) is 3.20. The molecule has 4 N–H and O–H groups in total. The molecule has 0 fully saturated rings. The Balaban J connectivity index is 2.24. The second-order valence-corrected chi connectivity index (χ2v) is 4.82. The number of benzene rings is 1. The first kappa shape index (κ1) is 13.4. The van der Waals surface area contributed by atoms with Gasteiger partial charge in [-0.2, -0.15) is 5.10 Å². The second-order valence-electron chi connectivity index (χ2n) is 3.96. The first-order valence-electron chi connectivity index (χ1n) is 5.46. The second kappa shape index (κ2) is 5.31. The highest BCUT2D eigenvalue weighted by Crippen LogP contribution is 2.25. The SMILES string of the molecule is COc1ccc(Cn2cc(N)c(C(N)=O)n2)cc1Br. The van der Waals surface area contributed by atoms with Crippen LogP contribution in [0.5, 0.6) is 5.75 Å². The van der Waals surface area contributed by atoms with Crippen LogP contribution in [0, 0.1) is 0 Å². The number of nitrogen functional groups attached to an aromatic ring is 1. The molecule has 0 aliphatic heterocycles. The average molecular weight is 325 g/mol. The van der Waals surface area contributed by atoms with Crippen molar-refractivity contribution < 1.29 is 9.53 Å². The Morgan fingerprint density at radius 1 is 1.53 bits per heavy atom. The van der Waals surface area contributed by atoms with Gasteiger partial charge in [-0.1, -0.05) is 6.07 Å². The molecule has 7 heteroatoms.